The number of hydrogen-bond donors (Lipinski definition) is 0. The average Bonchev–Trinajstić information content (AvgIpc) is 1.95. The Bertz CT molecular complexity index is 277. The maximum atomic E-state index is 10.7. The summed E-state index contributed by atoms with van der Waals surface area (Å²) in [5.74, 6) is 0. The van der Waals surface area contributed by atoms with Crippen LogP contribution in [-0.4, -0.2) is 9.55 Å². The highest BCUT2D eigenvalue weighted by Crippen LogP contribution is 1.91. The van der Waals surface area contributed by atoms with Crippen LogP contribution in [-0.2, 0) is 13.5 Å². The lowest BCUT2D eigenvalue weighted by Gasteiger charge is -1.97. The van der Waals surface area contributed by atoms with Crippen LogP contribution in [0.3, 0.4) is 0 Å². The van der Waals surface area contributed by atoms with E-state index in [1.165, 1.54) is 4.57 Å². The zero-order valence-electron chi connectivity index (χ0n) is 6.16. The van der Waals surface area contributed by atoms with Gasteiger partial charge in [0, 0.05) is 19.4 Å². The second kappa shape index (κ2) is 2.64. The van der Waals surface area contributed by atoms with E-state index in [0.29, 0.717) is 0 Å². The van der Waals surface area contributed by atoms with Crippen molar-refractivity contribution in [3.63, 3.8) is 0 Å². The Hall–Kier alpha value is -1.12. The molecule has 0 aliphatic rings. The summed E-state index contributed by atoms with van der Waals surface area (Å²) in [6.45, 7) is 2.03. The standard InChI is InChI=1S/C7H10N2O/c1-3-6-4-8-7(10)9(2)5-6/h4-5H,3H2,1-2H3. The van der Waals surface area contributed by atoms with Crippen LogP contribution in [0.15, 0.2) is 17.2 Å². The molecule has 0 aliphatic carbocycles. The molecule has 1 rings (SSSR count). The highest BCUT2D eigenvalue weighted by atomic mass is 16.1. The van der Waals surface area contributed by atoms with Gasteiger partial charge in [0.05, 0.1) is 0 Å². The fourth-order valence-corrected chi connectivity index (χ4v) is 0.749. The third-order valence-corrected chi connectivity index (χ3v) is 1.41. The van der Waals surface area contributed by atoms with E-state index < -0.39 is 0 Å². The number of hydrogen-bond acceptors (Lipinski definition) is 2. The lowest BCUT2D eigenvalue weighted by atomic mass is 10.3. The van der Waals surface area contributed by atoms with Crippen molar-refractivity contribution >= 4 is 0 Å². The van der Waals surface area contributed by atoms with Gasteiger partial charge in [0.1, 0.15) is 0 Å². The van der Waals surface area contributed by atoms with Gasteiger partial charge in [-0.1, -0.05) is 6.92 Å². The van der Waals surface area contributed by atoms with Crippen molar-refractivity contribution in [2.24, 2.45) is 7.05 Å². The van der Waals surface area contributed by atoms with Crippen molar-refractivity contribution in [3.05, 3.63) is 28.4 Å². The van der Waals surface area contributed by atoms with Crippen molar-refractivity contribution in [1.82, 2.24) is 9.55 Å². The summed E-state index contributed by atoms with van der Waals surface area (Å²) in [5, 5.41) is 0. The molecule has 3 heteroatoms. The van der Waals surface area contributed by atoms with Crippen LogP contribution in [0.2, 0.25) is 0 Å². The molecule has 3 nitrogen and oxygen atoms in total. The highest BCUT2D eigenvalue weighted by Gasteiger charge is 1.91. The first kappa shape index (κ1) is 6.99. The van der Waals surface area contributed by atoms with E-state index in [0.717, 1.165) is 12.0 Å². The van der Waals surface area contributed by atoms with Gasteiger partial charge in [-0.3, -0.25) is 0 Å². The number of aryl methyl sites for hydroxylation is 2. The quantitative estimate of drug-likeness (QED) is 0.561. The molecule has 1 heterocycles. The Balaban J connectivity index is 3.17. The molecule has 1 aromatic rings. The maximum Gasteiger partial charge on any atom is 0.347 e. The lowest BCUT2D eigenvalue weighted by Crippen LogP contribution is -2.19. The van der Waals surface area contributed by atoms with E-state index in [4.69, 9.17) is 0 Å². The largest absolute Gasteiger partial charge is 0.347 e. The van der Waals surface area contributed by atoms with Crippen molar-refractivity contribution < 1.29 is 0 Å². The molecule has 0 aromatic carbocycles. The van der Waals surface area contributed by atoms with E-state index in [1.54, 1.807) is 19.4 Å². The minimum absolute atomic E-state index is 0.197. The van der Waals surface area contributed by atoms with Crippen molar-refractivity contribution in [2.45, 2.75) is 13.3 Å². The summed E-state index contributed by atoms with van der Waals surface area (Å²) < 4.78 is 1.48. The van der Waals surface area contributed by atoms with Crippen LogP contribution in [0, 0.1) is 0 Å². The van der Waals surface area contributed by atoms with Crippen LogP contribution >= 0.6 is 0 Å². The molecule has 54 valence electrons. The van der Waals surface area contributed by atoms with Gasteiger partial charge in [-0.05, 0) is 12.0 Å². The van der Waals surface area contributed by atoms with E-state index in [9.17, 15) is 4.79 Å². The fraction of sp³-hybridized carbons (Fsp3) is 0.429. The minimum atomic E-state index is -0.197. The molecular weight excluding hydrogens is 128 g/mol. The minimum Gasteiger partial charge on any atom is -0.302 e. The van der Waals surface area contributed by atoms with Crippen LogP contribution in [0.5, 0.6) is 0 Å². The first-order valence-corrected chi connectivity index (χ1v) is 3.25. The molecule has 0 bridgehead atoms. The lowest BCUT2D eigenvalue weighted by molar-refractivity contribution is 0.791. The summed E-state index contributed by atoms with van der Waals surface area (Å²) >= 11 is 0. The second-order valence-electron chi connectivity index (χ2n) is 2.21. The Kier molecular flexibility index (Phi) is 1.85. The van der Waals surface area contributed by atoms with Gasteiger partial charge in [-0.15, -0.1) is 0 Å². The van der Waals surface area contributed by atoms with Gasteiger partial charge in [0.2, 0.25) is 0 Å². The summed E-state index contributed by atoms with van der Waals surface area (Å²) in [6, 6.07) is 0. The number of aromatic nitrogens is 2. The SMILES string of the molecule is CCc1cnc(=O)n(C)c1. The summed E-state index contributed by atoms with van der Waals surface area (Å²) in [5.41, 5.74) is 0.888. The zero-order valence-corrected chi connectivity index (χ0v) is 6.16. The van der Waals surface area contributed by atoms with E-state index in [2.05, 4.69) is 4.98 Å². The molecule has 0 saturated carbocycles. The third kappa shape index (κ3) is 1.23. The van der Waals surface area contributed by atoms with E-state index in [-0.39, 0.29) is 5.69 Å². The summed E-state index contributed by atoms with van der Waals surface area (Å²) in [4.78, 5) is 14.4. The Labute approximate surface area is 59.3 Å². The first-order chi connectivity index (χ1) is 4.74. The molecule has 1 aromatic heterocycles. The normalized spacial score (nSPS) is 9.80. The molecule has 0 aliphatic heterocycles. The smallest absolute Gasteiger partial charge is 0.302 e. The number of rotatable bonds is 1. The Morgan fingerprint density at radius 2 is 2.40 bits per heavy atom. The summed E-state index contributed by atoms with van der Waals surface area (Å²) in [6.07, 6.45) is 4.33. The van der Waals surface area contributed by atoms with Crippen molar-refractivity contribution in [3.8, 4) is 0 Å². The molecule has 0 saturated heterocycles. The topological polar surface area (TPSA) is 34.9 Å². The molecule has 0 amide bonds. The molecule has 10 heavy (non-hydrogen) atoms. The fourth-order valence-electron chi connectivity index (χ4n) is 0.749. The van der Waals surface area contributed by atoms with Gasteiger partial charge in [0.25, 0.3) is 0 Å². The van der Waals surface area contributed by atoms with Gasteiger partial charge in [-0.2, -0.15) is 0 Å². The van der Waals surface area contributed by atoms with Crippen molar-refractivity contribution in [2.75, 3.05) is 0 Å². The molecule has 0 N–H and O–H groups in total. The van der Waals surface area contributed by atoms with Crippen LogP contribution < -0.4 is 5.69 Å². The van der Waals surface area contributed by atoms with Gasteiger partial charge in [-0.25, -0.2) is 9.78 Å². The van der Waals surface area contributed by atoms with E-state index in [1.807, 2.05) is 6.92 Å². The zero-order chi connectivity index (χ0) is 7.56. The van der Waals surface area contributed by atoms with E-state index >= 15 is 0 Å². The molecule has 0 fully saturated rings. The van der Waals surface area contributed by atoms with Crippen molar-refractivity contribution in [1.29, 1.82) is 0 Å². The predicted molar refractivity (Wildman–Crippen MR) is 38.9 cm³/mol. The first-order valence-electron chi connectivity index (χ1n) is 3.25. The van der Waals surface area contributed by atoms with Gasteiger partial charge < -0.3 is 4.57 Å². The predicted octanol–water partition coefficient (Wildman–Crippen LogP) is 0.343. The summed E-state index contributed by atoms with van der Waals surface area (Å²) in [7, 11) is 1.70. The maximum absolute atomic E-state index is 10.7. The van der Waals surface area contributed by atoms with Crippen LogP contribution in [0.4, 0.5) is 0 Å². The molecule has 0 radical (unpaired) electrons. The van der Waals surface area contributed by atoms with Gasteiger partial charge >= 0.3 is 5.69 Å². The molecule has 0 unspecified atom stereocenters. The highest BCUT2D eigenvalue weighted by molar-refractivity contribution is 5.02. The monoisotopic (exact) mass is 138 g/mol. The molecule has 0 spiro atoms. The van der Waals surface area contributed by atoms with Gasteiger partial charge in [0.15, 0.2) is 0 Å². The van der Waals surface area contributed by atoms with Crippen LogP contribution in [0.1, 0.15) is 12.5 Å². The third-order valence-electron chi connectivity index (χ3n) is 1.41. The second-order valence-corrected chi connectivity index (χ2v) is 2.21. The Morgan fingerprint density at radius 1 is 1.70 bits per heavy atom. The Morgan fingerprint density at radius 3 is 2.90 bits per heavy atom. The number of nitrogens with zero attached hydrogens (tertiary/aromatic N) is 2. The molecule has 0 atom stereocenters. The average molecular weight is 138 g/mol. The molecular formula is C7H10N2O. The van der Waals surface area contributed by atoms with Crippen LogP contribution in [0.25, 0.3) is 0 Å².